The number of rotatable bonds is 9. The van der Waals surface area contributed by atoms with Crippen LogP contribution < -0.4 is 10.8 Å². The normalized spacial score (nSPS) is 12.0. The van der Waals surface area contributed by atoms with Crippen molar-refractivity contribution >= 4 is 50.6 Å². The fraction of sp³-hybridized carbons (Fsp3) is 0.333. The van der Waals surface area contributed by atoms with Gasteiger partial charge in [-0.1, -0.05) is 29.4 Å². The van der Waals surface area contributed by atoms with E-state index in [1.54, 1.807) is 24.3 Å². The van der Waals surface area contributed by atoms with E-state index in [9.17, 15) is 18.4 Å². The van der Waals surface area contributed by atoms with Crippen LogP contribution in [0.15, 0.2) is 38.9 Å². The maximum atomic E-state index is 11.6. The number of carbonyl (C=O) groups excluding carboxylic acids is 1. The maximum Gasteiger partial charge on any atom is 0.221 e. The molecule has 0 atom stereocenters. The molecule has 0 saturated heterocycles. The van der Waals surface area contributed by atoms with E-state index >= 15 is 0 Å². The molecular formula is C15H18ClN5O5S2. The lowest BCUT2D eigenvalue weighted by Crippen LogP contribution is -2.27. The van der Waals surface area contributed by atoms with Gasteiger partial charge in [-0.05, 0) is 28.5 Å². The highest BCUT2D eigenvalue weighted by Crippen LogP contribution is 2.22. The van der Waals surface area contributed by atoms with Gasteiger partial charge in [0.25, 0.3) is 0 Å². The van der Waals surface area contributed by atoms with Crippen LogP contribution in [0.4, 0.5) is 5.69 Å². The van der Waals surface area contributed by atoms with Crippen molar-refractivity contribution in [2.45, 2.75) is 11.4 Å². The van der Waals surface area contributed by atoms with E-state index < -0.39 is 9.84 Å². The first kappa shape index (κ1) is 22.1. The van der Waals surface area contributed by atoms with E-state index in [0.29, 0.717) is 21.5 Å². The van der Waals surface area contributed by atoms with Crippen molar-refractivity contribution < 1.29 is 23.0 Å². The molecule has 2 aromatic rings. The van der Waals surface area contributed by atoms with E-state index in [4.69, 9.17) is 16.2 Å². The third kappa shape index (κ3) is 7.46. The number of hydrogen-bond acceptors (Lipinski definition) is 9. The van der Waals surface area contributed by atoms with Crippen LogP contribution in [0.1, 0.15) is 12.1 Å². The number of aromatic nitrogens is 2. The average Bonchev–Trinajstić information content (AvgIpc) is 3.09. The number of halogens is 1. The minimum atomic E-state index is -3.18. The van der Waals surface area contributed by atoms with Crippen LogP contribution in [-0.2, 0) is 14.6 Å². The molecule has 10 nitrogen and oxygen atoms in total. The zero-order valence-electron chi connectivity index (χ0n) is 14.8. The second-order valence-corrected chi connectivity index (χ2v) is 9.33. The molecule has 0 bridgehead atoms. The van der Waals surface area contributed by atoms with Crippen molar-refractivity contribution in [3.63, 3.8) is 0 Å². The molecule has 2 rings (SSSR count). The Kier molecular flexibility index (Phi) is 8.23. The van der Waals surface area contributed by atoms with E-state index in [-0.39, 0.29) is 36.2 Å². The Morgan fingerprint density at radius 2 is 2.18 bits per heavy atom. The van der Waals surface area contributed by atoms with Gasteiger partial charge in [-0.25, -0.2) is 18.0 Å². The Labute approximate surface area is 170 Å². The minimum Gasteiger partial charge on any atom is -0.355 e. The predicted molar refractivity (Wildman–Crippen MR) is 105 cm³/mol. The average molecular weight is 448 g/mol. The monoisotopic (exact) mass is 447 g/mol. The second-order valence-electron chi connectivity index (χ2n) is 5.55. The first-order valence-corrected chi connectivity index (χ1v) is 11.4. The predicted octanol–water partition coefficient (Wildman–Crippen LogP) is 1.42. The summed E-state index contributed by atoms with van der Waals surface area (Å²) in [4.78, 5) is 15.8. The zero-order chi connectivity index (χ0) is 20.6. The Morgan fingerprint density at radius 3 is 2.86 bits per heavy atom. The fourth-order valence-corrected chi connectivity index (χ4v) is 3.43. The van der Waals surface area contributed by atoms with Gasteiger partial charge in [-0.2, -0.15) is 0 Å². The number of benzene rings is 1. The number of hydroxylamine groups is 1. The topological polar surface area (TPSA) is 147 Å². The van der Waals surface area contributed by atoms with Crippen LogP contribution in [0, 0.1) is 0 Å². The van der Waals surface area contributed by atoms with Crippen molar-refractivity contribution in [2.24, 2.45) is 4.99 Å². The summed E-state index contributed by atoms with van der Waals surface area (Å²) in [6, 6.07) is 6.69. The molecule has 0 aliphatic rings. The fourth-order valence-electron chi connectivity index (χ4n) is 1.93. The van der Waals surface area contributed by atoms with Gasteiger partial charge >= 0.3 is 0 Å². The number of hydrogen-bond donors (Lipinski definition) is 3. The molecule has 1 aromatic heterocycles. The molecule has 3 N–H and O–H groups in total. The van der Waals surface area contributed by atoms with Gasteiger partial charge in [0.05, 0.1) is 11.4 Å². The molecule has 0 aliphatic heterocycles. The van der Waals surface area contributed by atoms with E-state index in [1.807, 2.05) is 5.48 Å². The van der Waals surface area contributed by atoms with Crippen LogP contribution in [-0.4, -0.2) is 60.0 Å². The zero-order valence-corrected chi connectivity index (χ0v) is 17.1. The van der Waals surface area contributed by atoms with Gasteiger partial charge in [0.2, 0.25) is 5.91 Å². The summed E-state index contributed by atoms with van der Waals surface area (Å²) >= 11 is 7.13. The number of amides is 1. The highest BCUT2D eigenvalue weighted by atomic mass is 35.5. The minimum absolute atomic E-state index is 0.0169. The standard InChI is InChI=1S/C15H18ClN5O5S2/c1-28(24,25)8-5-12(22)17-6-7-27-15-13(20-26-21-15)14(19-23)18-11-4-2-3-10(16)9-11/h2-4,9,23H,5-8H2,1H3,(H,17,22)(H,18,19). The van der Waals surface area contributed by atoms with Crippen LogP contribution in [0.25, 0.3) is 0 Å². The molecule has 0 spiro atoms. The molecule has 0 aliphatic carbocycles. The first-order valence-electron chi connectivity index (χ1n) is 7.93. The number of amidine groups is 1. The SMILES string of the molecule is CS(=O)(=O)CCC(=O)NCCSc1nonc1C(=Nc1cccc(Cl)c1)NO. The summed E-state index contributed by atoms with van der Waals surface area (Å²) in [5.41, 5.74) is 2.63. The quantitative estimate of drug-likeness (QED) is 0.171. The van der Waals surface area contributed by atoms with Gasteiger partial charge in [0, 0.05) is 30.0 Å². The van der Waals surface area contributed by atoms with Crippen LogP contribution in [0.5, 0.6) is 0 Å². The number of aliphatic imine (C=N–C) groups is 1. The molecule has 0 saturated carbocycles. The smallest absolute Gasteiger partial charge is 0.221 e. The molecule has 0 radical (unpaired) electrons. The first-order chi connectivity index (χ1) is 13.3. The summed E-state index contributed by atoms with van der Waals surface area (Å²) in [6.07, 6.45) is 0.984. The largest absolute Gasteiger partial charge is 0.355 e. The van der Waals surface area contributed by atoms with Gasteiger partial charge in [0.1, 0.15) is 9.84 Å². The Morgan fingerprint density at radius 1 is 1.39 bits per heavy atom. The number of carbonyl (C=O) groups is 1. The van der Waals surface area contributed by atoms with E-state index in [1.165, 1.54) is 11.8 Å². The van der Waals surface area contributed by atoms with Gasteiger partial charge in [-0.15, -0.1) is 0 Å². The van der Waals surface area contributed by atoms with E-state index in [0.717, 1.165) is 6.26 Å². The van der Waals surface area contributed by atoms with Gasteiger partial charge < -0.3 is 5.32 Å². The summed E-state index contributed by atoms with van der Waals surface area (Å²) in [6.45, 7) is 0.285. The van der Waals surface area contributed by atoms with Gasteiger partial charge in [0.15, 0.2) is 16.6 Å². The van der Waals surface area contributed by atoms with Crippen molar-refractivity contribution in [1.29, 1.82) is 0 Å². The van der Waals surface area contributed by atoms with Crippen LogP contribution in [0.3, 0.4) is 0 Å². The Balaban J connectivity index is 1.93. The lowest BCUT2D eigenvalue weighted by atomic mass is 10.3. The molecule has 1 amide bonds. The lowest BCUT2D eigenvalue weighted by molar-refractivity contribution is -0.120. The van der Waals surface area contributed by atoms with Crippen molar-refractivity contribution in [2.75, 3.05) is 24.3 Å². The summed E-state index contributed by atoms with van der Waals surface area (Å²) in [5.74, 6) is -0.121. The highest BCUT2D eigenvalue weighted by Gasteiger charge is 2.17. The molecular weight excluding hydrogens is 430 g/mol. The van der Waals surface area contributed by atoms with Crippen molar-refractivity contribution in [1.82, 2.24) is 21.1 Å². The summed E-state index contributed by atoms with van der Waals surface area (Å²) in [5, 5.41) is 20.3. The molecule has 0 fully saturated rings. The van der Waals surface area contributed by atoms with Crippen molar-refractivity contribution in [3.8, 4) is 0 Å². The third-order valence-corrected chi connectivity index (χ3v) is 5.33. The maximum absolute atomic E-state index is 11.6. The van der Waals surface area contributed by atoms with Crippen LogP contribution in [0.2, 0.25) is 5.02 Å². The van der Waals surface area contributed by atoms with Crippen molar-refractivity contribution in [3.05, 3.63) is 35.0 Å². The van der Waals surface area contributed by atoms with E-state index in [2.05, 4.69) is 20.6 Å². The highest BCUT2D eigenvalue weighted by molar-refractivity contribution is 7.99. The molecule has 152 valence electrons. The number of nitrogens with zero attached hydrogens (tertiary/aromatic N) is 3. The van der Waals surface area contributed by atoms with Crippen LogP contribution >= 0.6 is 23.4 Å². The Bertz CT molecular complexity index is 948. The molecule has 13 heteroatoms. The van der Waals surface area contributed by atoms with Gasteiger partial charge in [-0.3, -0.25) is 15.5 Å². The summed E-state index contributed by atoms with van der Waals surface area (Å²) in [7, 11) is -3.18. The number of nitrogens with one attached hydrogen (secondary N) is 2. The lowest BCUT2D eigenvalue weighted by Gasteiger charge is -2.05. The molecule has 1 heterocycles. The molecule has 28 heavy (non-hydrogen) atoms. The third-order valence-electron chi connectivity index (χ3n) is 3.20. The second kappa shape index (κ2) is 10.4. The number of thioether (sulfide) groups is 1. The number of sulfone groups is 1. The molecule has 1 aromatic carbocycles. The molecule has 0 unspecified atom stereocenters. The Hall–Kier alpha value is -2.15. The summed E-state index contributed by atoms with van der Waals surface area (Å²) < 4.78 is 26.8.